The van der Waals surface area contributed by atoms with Gasteiger partial charge < -0.3 is 10.5 Å². The van der Waals surface area contributed by atoms with Gasteiger partial charge >= 0.3 is 0 Å². The van der Waals surface area contributed by atoms with E-state index in [0.29, 0.717) is 6.61 Å². The summed E-state index contributed by atoms with van der Waals surface area (Å²) in [4.78, 5) is 4.24. The number of hydrogen-bond acceptors (Lipinski definition) is 5. The maximum absolute atomic E-state index is 5.62. The van der Waals surface area contributed by atoms with E-state index in [1.807, 2.05) is 6.92 Å². The third-order valence-electron chi connectivity index (χ3n) is 1.28. The molecule has 1 heterocycles. The third-order valence-corrected chi connectivity index (χ3v) is 2.05. The molecule has 0 fully saturated rings. The molecule has 1 rings (SSSR count). The van der Waals surface area contributed by atoms with Crippen molar-refractivity contribution in [1.29, 1.82) is 0 Å². The summed E-state index contributed by atoms with van der Waals surface area (Å²) < 4.78 is 9.01. The highest BCUT2D eigenvalue weighted by atomic mass is 32.1. The molecule has 2 N–H and O–H groups in total. The van der Waals surface area contributed by atoms with Gasteiger partial charge in [-0.2, -0.15) is 4.37 Å². The summed E-state index contributed by atoms with van der Waals surface area (Å²) in [6.07, 6.45) is 0.793. The number of hydrogen-bond donors (Lipinski definition) is 1. The molecular weight excluding hydrogens is 174 g/mol. The van der Waals surface area contributed by atoms with E-state index < -0.39 is 0 Å². The molecule has 0 saturated heterocycles. The molecule has 4 nitrogen and oxygen atoms in total. The Morgan fingerprint density at radius 2 is 2.42 bits per heavy atom. The number of nitrogens with zero attached hydrogens (tertiary/aromatic N) is 2. The van der Waals surface area contributed by atoms with Gasteiger partial charge in [0.05, 0.1) is 0 Å². The fourth-order valence-corrected chi connectivity index (χ4v) is 1.62. The predicted molar refractivity (Wildman–Crippen MR) is 48.0 cm³/mol. The second kappa shape index (κ2) is 4.49. The Balaban J connectivity index is 2.52. The number of ether oxygens (including phenoxy) is 1. The lowest BCUT2D eigenvalue weighted by Gasteiger charge is -1.97. The monoisotopic (exact) mass is 187 g/mol. The minimum atomic E-state index is 0.147. The third kappa shape index (κ3) is 2.84. The zero-order chi connectivity index (χ0) is 8.97. The molecule has 0 amide bonds. The van der Waals surface area contributed by atoms with Crippen molar-refractivity contribution in [2.75, 3.05) is 7.11 Å². The van der Waals surface area contributed by atoms with E-state index in [1.165, 1.54) is 11.5 Å². The fraction of sp³-hybridized carbons (Fsp3) is 0.714. The van der Waals surface area contributed by atoms with Gasteiger partial charge in [0, 0.05) is 19.6 Å². The van der Waals surface area contributed by atoms with Crippen molar-refractivity contribution >= 4 is 11.5 Å². The van der Waals surface area contributed by atoms with Crippen LogP contribution in [-0.4, -0.2) is 22.5 Å². The molecule has 1 aromatic rings. The first-order chi connectivity index (χ1) is 5.72. The molecule has 12 heavy (non-hydrogen) atoms. The summed E-state index contributed by atoms with van der Waals surface area (Å²) in [5, 5.41) is 0.983. The molecule has 68 valence electrons. The van der Waals surface area contributed by atoms with Crippen LogP contribution in [0.3, 0.4) is 0 Å². The lowest BCUT2D eigenvalue weighted by atomic mass is 10.3. The van der Waals surface area contributed by atoms with Crippen molar-refractivity contribution in [3.05, 3.63) is 10.8 Å². The van der Waals surface area contributed by atoms with Gasteiger partial charge in [-0.25, -0.2) is 4.98 Å². The molecule has 0 radical (unpaired) electrons. The zero-order valence-corrected chi connectivity index (χ0v) is 8.10. The Bertz CT molecular complexity index is 236. The number of nitrogens with two attached hydrogens (primary N) is 1. The minimum absolute atomic E-state index is 0.147. The maximum atomic E-state index is 5.62. The average molecular weight is 187 g/mol. The largest absolute Gasteiger partial charge is 0.377 e. The molecule has 1 unspecified atom stereocenters. The quantitative estimate of drug-likeness (QED) is 0.748. The normalized spacial score (nSPS) is 13.2. The van der Waals surface area contributed by atoms with Crippen LogP contribution in [0, 0.1) is 0 Å². The Hall–Kier alpha value is -0.520. The molecule has 0 aliphatic carbocycles. The van der Waals surface area contributed by atoms with Gasteiger partial charge in [-0.3, -0.25) is 0 Å². The molecule has 0 bridgehead atoms. The lowest BCUT2D eigenvalue weighted by molar-refractivity contribution is 0.178. The fourth-order valence-electron chi connectivity index (χ4n) is 0.836. The van der Waals surface area contributed by atoms with Crippen LogP contribution >= 0.6 is 11.5 Å². The highest BCUT2D eigenvalue weighted by Crippen LogP contribution is 2.07. The first kappa shape index (κ1) is 9.57. The molecule has 1 atom stereocenters. The van der Waals surface area contributed by atoms with E-state index >= 15 is 0 Å². The van der Waals surface area contributed by atoms with E-state index in [1.54, 1.807) is 7.11 Å². The van der Waals surface area contributed by atoms with Gasteiger partial charge in [0.15, 0.2) is 5.82 Å². The molecular formula is C7H13N3OS. The van der Waals surface area contributed by atoms with Crippen LogP contribution in [0.2, 0.25) is 0 Å². The summed E-state index contributed by atoms with van der Waals surface area (Å²) in [5.41, 5.74) is 5.62. The van der Waals surface area contributed by atoms with Gasteiger partial charge in [-0.05, 0) is 18.5 Å². The number of rotatable bonds is 4. The topological polar surface area (TPSA) is 61.0 Å². The van der Waals surface area contributed by atoms with E-state index in [9.17, 15) is 0 Å². The van der Waals surface area contributed by atoms with E-state index in [4.69, 9.17) is 10.5 Å². The van der Waals surface area contributed by atoms with Crippen LogP contribution in [0.25, 0.3) is 0 Å². The second-order valence-corrected chi connectivity index (χ2v) is 3.56. The Morgan fingerprint density at radius 3 is 3.00 bits per heavy atom. The number of aromatic nitrogens is 2. The van der Waals surface area contributed by atoms with Crippen molar-refractivity contribution in [2.45, 2.75) is 26.0 Å². The van der Waals surface area contributed by atoms with Gasteiger partial charge in [0.2, 0.25) is 0 Å². The van der Waals surface area contributed by atoms with Crippen molar-refractivity contribution in [3.63, 3.8) is 0 Å². The van der Waals surface area contributed by atoms with Crippen LogP contribution in [0.15, 0.2) is 0 Å². The van der Waals surface area contributed by atoms with Crippen molar-refractivity contribution in [2.24, 2.45) is 5.73 Å². The van der Waals surface area contributed by atoms with Crippen LogP contribution < -0.4 is 5.73 Å². The van der Waals surface area contributed by atoms with Crippen molar-refractivity contribution < 1.29 is 4.74 Å². The molecule has 5 heteroatoms. The Kier molecular flexibility index (Phi) is 3.58. The highest BCUT2D eigenvalue weighted by Gasteiger charge is 2.05. The molecule has 0 saturated carbocycles. The van der Waals surface area contributed by atoms with Gasteiger partial charge in [-0.15, -0.1) is 0 Å². The van der Waals surface area contributed by atoms with Crippen molar-refractivity contribution in [3.8, 4) is 0 Å². The predicted octanol–water partition coefficient (Wildman–Crippen LogP) is 0.574. The van der Waals surface area contributed by atoms with Crippen LogP contribution in [0.4, 0.5) is 0 Å². The van der Waals surface area contributed by atoms with E-state index in [2.05, 4.69) is 9.36 Å². The zero-order valence-electron chi connectivity index (χ0n) is 7.28. The van der Waals surface area contributed by atoms with Crippen LogP contribution in [0.1, 0.15) is 17.8 Å². The van der Waals surface area contributed by atoms with Gasteiger partial charge in [0.1, 0.15) is 11.6 Å². The SMILES string of the molecule is COCc1nsc(CC(C)N)n1. The molecule has 0 aliphatic heterocycles. The maximum Gasteiger partial charge on any atom is 0.168 e. The van der Waals surface area contributed by atoms with Crippen molar-refractivity contribution in [1.82, 2.24) is 9.36 Å². The molecule has 0 spiro atoms. The summed E-state index contributed by atoms with van der Waals surface area (Å²) in [6, 6.07) is 0.147. The summed E-state index contributed by atoms with van der Waals surface area (Å²) in [5.74, 6) is 0.748. The Morgan fingerprint density at radius 1 is 1.67 bits per heavy atom. The number of methoxy groups -OCH3 is 1. The van der Waals surface area contributed by atoms with E-state index in [-0.39, 0.29) is 6.04 Å². The smallest absolute Gasteiger partial charge is 0.168 e. The summed E-state index contributed by atoms with van der Waals surface area (Å²) in [7, 11) is 1.63. The standard InChI is InChI=1S/C7H13N3OS/c1-5(8)3-7-9-6(4-11-2)10-12-7/h5H,3-4,8H2,1-2H3. The van der Waals surface area contributed by atoms with Gasteiger partial charge in [0.25, 0.3) is 0 Å². The van der Waals surface area contributed by atoms with Crippen LogP contribution in [0.5, 0.6) is 0 Å². The molecule has 1 aromatic heterocycles. The first-order valence-corrected chi connectivity index (χ1v) is 4.55. The Labute approximate surface area is 75.9 Å². The molecule has 0 aliphatic rings. The average Bonchev–Trinajstić information content (AvgIpc) is 2.36. The molecule has 0 aromatic carbocycles. The summed E-state index contributed by atoms with van der Waals surface area (Å²) >= 11 is 1.40. The minimum Gasteiger partial charge on any atom is -0.377 e. The highest BCUT2D eigenvalue weighted by molar-refractivity contribution is 7.05. The lowest BCUT2D eigenvalue weighted by Crippen LogP contribution is -2.17. The van der Waals surface area contributed by atoms with E-state index in [0.717, 1.165) is 17.3 Å². The van der Waals surface area contributed by atoms with Gasteiger partial charge in [-0.1, -0.05) is 0 Å². The van der Waals surface area contributed by atoms with Crippen LogP contribution in [-0.2, 0) is 17.8 Å². The first-order valence-electron chi connectivity index (χ1n) is 3.78. The summed E-state index contributed by atoms with van der Waals surface area (Å²) in [6.45, 7) is 2.44. The second-order valence-electron chi connectivity index (χ2n) is 2.72.